The first-order valence-corrected chi connectivity index (χ1v) is 6.52. The number of methoxy groups -OCH3 is 1. The molecule has 0 radical (unpaired) electrons. The van der Waals surface area contributed by atoms with Crippen LogP contribution in [-0.2, 0) is 6.42 Å². The fourth-order valence-corrected chi connectivity index (χ4v) is 2.42. The summed E-state index contributed by atoms with van der Waals surface area (Å²) in [5.41, 5.74) is 1.48. The Morgan fingerprint density at radius 3 is 2.83 bits per heavy atom. The highest BCUT2D eigenvalue weighted by molar-refractivity contribution is 9.10. The summed E-state index contributed by atoms with van der Waals surface area (Å²) < 4.78 is 11.2. The van der Waals surface area contributed by atoms with Crippen LogP contribution in [0.3, 0.4) is 0 Å². The Morgan fingerprint density at radius 2 is 2.22 bits per heavy atom. The van der Waals surface area contributed by atoms with Crippen LogP contribution in [0.4, 0.5) is 0 Å². The standard InChI is InChI=1S/C13H12BrClO3/c1-17-12-3-2-9(14)6-8(12)7-11(16)10-4-5-18-13(10)15/h2-6,11,16H,7H2,1H3. The van der Waals surface area contributed by atoms with Crippen molar-refractivity contribution >= 4 is 27.5 Å². The molecule has 2 rings (SSSR count). The first kappa shape index (κ1) is 13.5. The Morgan fingerprint density at radius 1 is 1.44 bits per heavy atom. The largest absolute Gasteiger partial charge is 0.496 e. The maximum absolute atomic E-state index is 10.1. The number of benzene rings is 1. The number of hydrogen-bond donors (Lipinski definition) is 1. The molecule has 1 unspecified atom stereocenters. The molecule has 0 aliphatic carbocycles. The van der Waals surface area contributed by atoms with Gasteiger partial charge in [-0.15, -0.1) is 0 Å². The lowest BCUT2D eigenvalue weighted by molar-refractivity contribution is 0.176. The van der Waals surface area contributed by atoms with Gasteiger partial charge in [-0.25, -0.2) is 0 Å². The van der Waals surface area contributed by atoms with Crippen molar-refractivity contribution < 1.29 is 14.3 Å². The topological polar surface area (TPSA) is 42.6 Å². The molecule has 1 N–H and O–H groups in total. The summed E-state index contributed by atoms with van der Waals surface area (Å²) in [5, 5.41) is 10.4. The molecular formula is C13H12BrClO3. The Balaban J connectivity index is 2.23. The number of ether oxygens (including phenoxy) is 1. The van der Waals surface area contributed by atoms with Gasteiger partial charge in [0.2, 0.25) is 0 Å². The van der Waals surface area contributed by atoms with Gasteiger partial charge in [0.25, 0.3) is 0 Å². The number of halogens is 2. The summed E-state index contributed by atoms with van der Waals surface area (Å²) in [6, 6.07) is 7.32. The minimum absolute atomic E-state index is 0.219. The number of rotatable bonds is 4. The number of aliphatic hydroxyl groups is 1. The highest BCUT2D eigenvalue weighted by Gasteiger charge is 2.17. The lowest BCUT2D eigenvalue weighted by atomic mass is 10.0. The van der Waals surface area contributed by atoms with Crippen molar-refractivity contribution in [1.82, 2.24) is 0 Å². The van der Waals surface area contributed by atoms with E-state index in [0.29, 0.717) is 12.0 Å². The van der Waals surface area contributed by atoms with Crippen LogP contribution in [-0.4, -0.2) is 12.2 Å². The van der Waals surface area contributed by atoms with Crippen molar-refractivity contribution in [3.05, 3.63) is 51.3 Å². The molecule has 96 valence electrons. The summed E-state index contributed by atoms with van der Waals surface area (Å²) in [7, 11) is 1.60. The van der Waals surface area contributed by atoms with Crippen LogP contribution >= 0.6 is 27.5 Å². The second kappa shape index (κ2) is 5.78. The first-order valence-electron chi connectivity index (χ1n) is 5.35. The Kier molecular flexibility index (Phi) is 4.32. The average Bonchev–Trinajstić information content (AvgIpc) is 2.76. The first-order chi connectivity index (χ1) is 8.61. The van der Waals surface area contributed by atoms with Crippen molar-refractivity contribution in [2.75, 3.05) is 7.11 Å². The number of furan rings is 1. The van der Waals surface area contributed by atoms with Crippen molar-refractivity contribution in [3.63, 3.8) is 0 Å². The third kappa shape index (κ3) is 2.88. The van der Waals surface area contributed by atoms with E-state index in [9.17, 15) is 5.11 Å². The molecule has 0 saturated heterocycles. The molecule has 1 heterocycles. The third-order valence-electron chi connectivity index (χ3n) is 2.66. The fourth-order valence-electron chi connectivity index (χ4n) is 1.77. The summed E-state index contributed by atoms with van der Waals surface area (Å²) >= 11 is 9.24. The molecule has 0 aliphatic rings. The van der Waals surface area contributed by atoms with E-state index in [-0.39, 0.29) is 5.22 Å². The van der Waals surface area contributed by atoms with Gasteiger partial charge < -0.3 is 14.3 Å². The zero-order valence-electron chi connectivity index (χ0n) is 9.69. The third-order valence-corrected chi connectivity index (χ3v) is 3.46. The van der Waals surface area contributed by atoms with Crippen molar-refractivity contribution in [1.29, 1.82) is 0 Å². The molecule has 5 heteroatoms. The lowest BCUT2D eigenvalue weighted by Crippen LogP contribution is -2.03. The van der Waals surface area contributed by atoms with E-state index in [1.165, 1.54) is 6.26 Å². The van der Waals surface area contributed by atoms with E-state index in [2.05, 4.69) is 15.9 Å². The Labute approximate surface area is 118 Å². The van der Waals surface area contributed by atoms with Crippen LogP contribution in [0, 0.1) is 0 Å². The predicted molar refractivity (Wildman–Crippen MR) is 73.1 cm³/mol. The van der Waals surface area contributed by atoms with Gasteiger partial charge in [-0.05, 0) is 41.4 Å². The fraction of sp³-hybridized carbons (Fsp3) is 0.231. The average molecular weight is 332 g/mol. The number of hydrogen-bond acceptors (Lipinski definition) is 3. The van der Waals surface area contributed by atoms with E-state index in [1.807, 2.05) is 18.2 Å². The van der Waals surface area contributed by atoms with Crippen LogP contribution in [0.2, 0.25) is 5.22 Å². The van der Waals surface area contributed by atoms with E-state index >= 15 is 0 Å². The minimum Gasteiger partial charge on any atom is -0.496 e. The zero-order valence-corrected chi connectivity index (χ0v) is 12.0. The molecule has 1 atom stereocenters. The molecule has 0 fully saturated rings. The molecule has 0 saturated carbocycles. The van der Waals surface area contributed by atoms with Gasteiger partial charge in [0, 0.05) is 16.5 Å². The molecule has 0 amide bonds. The minimum atomic E-state index is -0.723. The van der Waals surface area contributed by atoms with Crippen LogP contribution in [0.25, 0.3) is 0 Å². The predicted octanol–water partition coefficient (Wildman–Crippen LogP) is 3.98. The van der Waals surface area contributed by atoms with Crippen molar-refractivity contribution in [3.8, 4) is 5.75 Å². The highest BCUT2D eigenvalue weighted by atomic mass is 79.9. The maximum Gasteiger partial charge on any atom is 0.198 e. The van der Waals surface area contributed by atoms with Crippen molar-refractivity contribution in [2.45, 2.75) is 12.5 Å². The van der Waals surface area contributed by atoms with Gasteiger partial charge in [-0.1, -0.05) is 15.9 Å². The normalized spacial score (nSPS) is 12.4. The second-order valence-corrected chi connectivity index (χ2v) is 5.08. The van der Waals surface area contributed by atoms with Gasteiger partial charge >= 0.3 is 0 Å². The Hall–Kier alpha value is -0.970. The number of aliphatic hydroxyl groups excluding tert-OH is 1. The van der Waals surface area contributed by atoms with Crippen LogP contribution < -0.4 is 4.74 Å². The van der Waals surface area contributed by atoms with Gasteiger partial charge in [0.05, 0.1) is 19.5 Å². The summed E-state index contributed by atoms with van der Waals surface area (Å²) in [6.45, 7) is 0. The van der Waals surface area contributed by atoms with E-state index in [4.69, 9.17) is 20.8 Å². The van der Waals surface area contributed by atoms with Gasteiger partial charge in [-0.3, -0.25) is 0 Å². The molecule has 0 spiro atoms. The van der Waals surface area contributed by atoms with E-state index in [1.54, 1.807) is 13.2 Å². The zero-order chi connectivity index (χ0) is 13.1. The summed E-state index contributed by atoms with van der Waals surface area (Å²) in [6.07, 6.45) is 1.14. The second-order valence-electron chi connectivity index (χ2n) is 3.83. The summed E-state index contributed by atoms with van der Waals surface area (Å²) in [5.74, 6) is 0.733. The highest BCUT2D eigenvalue weighted by Crippen LogP contribution is 2.31. The molecule has 0 aliphatic heterocycles. The van der Waals surface area contributed by atoms with Crippen LogP contribution in [0.15, 0.2) is 39.4 Å². The SMILES string of the molecule is COc1ccc(Br)cc1CC(O)c1ccoc1Cl. The van der Waals surface area contributed by atoms with E-state index < -0.39 is 6.10 Å². The van der Waals surface area contributed by atoms with Gasteiger partial charge in [-0.2, -0.15) is 0 Å². The molecule has 3 nitrogen and oxygen atoms in total. The molecule has 1 aromatic heterocycles. The maximum atomic E-state index is 10.1. The Bertz CT molecular complexity index is 539. The lowest BCUT2D eigenvalue weighted by Gasteiger charge is -2.13. The van der Waals surface area contributed by atoms with E-state index in [0.717, 1.165) is 15.8 Å². The molecular weight excluding hydrogens is 319 g/mol. The monoisotopic (exact) mass is 330 g/mol. The van der Waals surface area contributed by atoms with Gasteiger partial charge in [0.15, 0.2) is 5.22 Å². The van der Waals surface area contributed by atoms with Crippen LogP contribution in [0.5, 0.6) is 5.75 Å². The van der Waals surface area contributed by atoms with Gasteiger partial charge in [0.1, 0.15) is 5.75 Å². The summed E-state index contributed by atoms with van der Waals surface area (Å²) in [4.78, 5) is 0. The molecule has 18 heavy (non-hydrogen) atoms. The van der Waals surface area contributed by atoms with Crippen LogP contribution in [0.1, 0.15) is 17.2 Å². The molecule has 2 aromatic rings. The smallest absolute Gasteiger partial charge is 0.198 e. The quantitative estimate of drug-likeness (QED) is 0.921. The molecule has 1 aromatic carbocycles. The van der Waals surface area contributed by atoms with Crippen molar-refractivity contribution in [2.24, 2.45) is 0 Å². The molecule has 0 bridgehead atoms.